The molecule has 0 saturated heterocycles. The number of thiazole rings is 1. The molecule has 0 saturated carbocycles. The Hall–Kier alpha value is -2.40. The highest BCUT2D eigenvalue weighted by Crippen LogP contribution is 2.23. The van der Waals surface area contributed by atoms with E-state index in [1.54, 1.807) is 11.3 Å². The number of hydrogen-bond acceptors (Lipinski definition) is 3. The highest BCUT2D eigenvalue weighted by atomic mass is 32.1. The van der Waals surface area contributed by atoms with E-state index in [1.165, 1.54) is 25.0 Å². The molecular weight excluding hydrogens is 359 g/mol. The maximum atomic E-state index is 13.3. The molecule has 0 fully saturated rings. The fourth-order valence-electron chi connectivity index (χ4n) is 2.90. The summed E-state index contributed by atoms with van der Waals surface area (Å²) in [7, 11) is 0. The Morgan fingerprint density at radius 3 is 2.41 bits per heavy atom. The second kappa shape index (κ2) is 9.51. The lowest BCUT2D eigenvalue weighted by Gasteiger charge is -2.09. The average Bonchev–Trinajstić information content (AvgIpc) is 3.07. The van der Waals surface area contributed by atoms with E-state index in [-0.39, 0.29) is 5.82 Å². The first-order chi connectivity index (χ1) is 13.2. The van der Waals surface area contributed by atoms with E-state index in [0.717, 1.165) is 40.5 Å². The topological polar surface area (TPSA) is 26.5 Å². The number of unbranched alkanes of at least 4 members (excludes halogenated alkanes) is 2. The molecule has 0 bridgehead atoms. The first-order valence-electron chi connectivity index (χ1n) is 9.43. The maximum Gasteiger partial charge on any atom is 0.190 e. The lowest BCUT2D eigenvalue weighted by Crippen LogP contribution is -2.16. The number of aromatic nitrogens is 1. The zero-order chi connectivity index (χ0) is 19.1. The van der Waals surface area contributed by atoms with Crippen molar-refractivity contribution in [2.45, 2.75) is 39.7 Å². The third-order valence-electron chi connectivity index (χ3n) is 4.30. The quantitative estimate of drug-likeness (QED) is 0.426. The zero-order valence-corrected chi connectivity index (χ0v) is 16.6. The first-order valence-corrected chi connectivity index (χ1v) is 10.3. The molecule has 1 aromatic heterocycles. The van der Waals surface area contributed by atoms with Crippen molar-refractivity contribution in [3.8, 4) is 17.0 Å². The van der Waals surface area contributed by atoms with Gasteiger partial charge in [0.15, 0.2) is 4.80 Å². The van der Waals surface area contributed by atoms with Crippen molar-refractivity contribution < 1.29 is 9.13 Å². The standard InChI is InChI=1S/C22H25FN2OS/c1-3-5-6-15-25-21(17-7-9-18(23)10-8-17)16-27-22(25)24-19-11-13-20(14-12-19)26-4-2/h7-14,16H,3-6,15H2,1-2H3. The van der Waals surface area contributed by atoms with E-state index in [4.69, 9.17) is 9.73 Å². The van der Waals surface area contributed by atoms with Crippen LogP contribution in [0, 0.1) is 5.82 Å². The smallest absolute Gasteiger partial charge is 0.190 e. The van der Waals surface area contributed by atoms with E-state index in [0.29, 0.717) is 6.61 Å². The normalized spacial score (nSPS) is 11.7. The summed E-state index contributed by atoms with van der Waals surface area (Å²) in [5.41, 5.74) is 2.99. The van der Waals surface area contributed by atoms with E-state index in [9.17, 15) is 4.39 Å². The van der Waals surface area contributed by atoms with Gasteiger partial charge in [-0.2, -0.15) is 0 Å². The third-order valence-corrected chi connectivity index (χ3v) is 5.16. The summed E-state index contributed by atoms with van der Waals surface area (Å²) in [6.07, 6.45) is 3.44. The van der Waals surface area contributed by atoms with Crippen molar-refractivity contribution in [1.29, 1.82) is 0 Å². The minimum atomic E-state index is -0.217. The Balaban J connectivity index is 1.97. The molecule has 0 aliphatic heterocycles. The van der Waals surface area contributed by atoms with Gasteiger partial charge in [0, 0.05) is 11.9 Å². The minimum Gasteiger partial charge on any atom is -0.494 e. The molecule has 2 aromatic carbocycles. The molecule has 0 amide bonds. The predicted molar refractivity (Wildman–Crippen MR) is 110 cm³/mol. The number of benzene rings is 2. The molecule has 0 atom stereocenters. The highest BCUT2D eigenvalue weighted by Gasteiger charge is 2.08. The molecule has 3 nitrogen and oxygen atoms in total. The second-order valence-electron chi connectivity index (χ2n) is 6.31. The molecule has 3 aromatic rings. The van der Waals surface area contributed by atoms with Gasteiger partial charge in [0.05, 0.1) is 18.0 Å². The lowest BCUT2D eigenvalue weighted by molar-refractivity contribution is 0.340. The molecule has 0 unspecified atom stereocenters. The summed E-state index contributed by atoms with van der Waals surface area (Å²) in [5.74, 6) is 0.635. The van der Waals surface area contributed by atoms with Gasteiger partial charge in [-0.3, -0.25) is 0 Å². The second-order valence-corrected chi connectivity index (χ2v) is 7.14. The Kier molecular flexibility index (Phi) is 6.82. The van der Waals surface area contributed by atoms with Gasteiger partial charge in [-0.1, -0.05) is 19.8 Å². The fourth-order valence-corrected chi connectivity index (χ4v) is 3.86. The van der Waals surface area contributed by atoms with Crippen LogP contribution >= 0.6 is 11.3 Å². The van der Waals surface area contributed by atoms with Crippen LogP contribution < -0.4 is 9.54 Å². The summed E-state index contributed by atoms with van der Waals surface area (Å²) in [6.45, 7) is 5.73. The van der Waals surface area contributed by atoms with E-state index < -0.39 is 0 Å². The maximum absolute atomic E-state index is 13.3. The van der Waals surface area contributed by atoms with Crippen LogP contribution in [0.25, 0.3) is 11.3 Å². The van der Waals surface area contributed by atoms with Gasteiger partial charge < -0.3 is 9.30 Å². The highest BCUT2D eigenvalue weighted by molar-refractivity contribution is 7.07. The van der Waals surface area contributed by atoms with Gasteiger partial charge in [0.2, 0.25) is 0 Å². The predicted octanol–water partition coefficient (Wildman–Crippen LogP) is 6.18. The molecule has 1 heterocycles. The first kappa shape index (κ1) is 19.4. The van der Waals surface area contributed by atoms with Crippen LogP contribution in [0.4, 0.5) is 10.1 Å². The summed E-state index contributed by atoms with van der Waals surface area (Å²) >= 11 is 1.61. The summed E-state index contributed by atoms with van der Waals surface area (Å²) in [6, 6.07) is 14.5. The SMILES string of the molecule is CCCCCn1c(-c2ccc(F)cc2)csc1=Nc1ccc(OCC)cc1. The lowest BCUT2D eigenvalue weighted by atomic mass is 10.1. The van der Waals surface area contributed by atoms with Gasteiger partial charge in [0.1, 0.15) is 11.6 Å². The molecule has 0 aliphatic carbocycles. The van der Waals surface area contributed by atoms with Gasteiger partial charge >= 0.3 is 0 Å². The number of ether oxygens (including phenoxy) is 1. The average molecular weight is 385 g/mol. The van der Waals surface area contributed by atoms with Crippen LogP contribution in [0.1, 0.15) is 33.1 Å². The Labute approximate surface area is 163 Å². The van der Waals surface area contributed by atoms with Crippen LogP contribution in [-0.2, 0) is 6.54 Å². The van der Waals surface area contributed by atoms with Crippen LogP contribution in [0.3, 0.4) is 0 Å². The Bertz CT molecular complexity index is 911. The fraction of sp³-hybridized carbons (Fsp3) is 0.318. The minimum absolute atomic E-state index is 0.217. The molecule has 3 rings (SSSR count). The Morgan fingerprint density at radius 1 is 1.00 bits per heavy atom. The summed E-state index contributed by atoms with van der Waals surface area (Å²) in [5, 5.41) is 2.10. The molecule has 0 spiro atoms. The largest absolute Gasteiger partial charge is 0.494 e. The van der Waals surface area contributed by atoms with Crippen LogP contribution in [0.5, 0.6) is 5.75 Å². The monoisotopic (exact) mass is 384 g/mol. The van der Waals surface area contributed by atoms with E-state index >= 15 is 0 Å². The van der Waals surface area contributed by atoms with Crippen molar-refractivity contribution in [2.24, 2.45) is 4.99 Å². The Morgan fingerprint density at radius 2 is 1.74 bits per heavy atom. The number of nitrogens with zero attached hydrogens (tertiary/aromatic N) is 2. The van der Waals surface area contributed by atoms with Gasteiger partial charge in [-0.25, -0.2) is 9.38 Å². The van der Waals surface area contributed by atoms with Crippen LogP contribution in [0.2, 0.25) is 0 Å². The molecule has 0 aliphatic rings. The summed E-state index contributed by atoms with van der Waals surface area (Å²) < 4.78 is 21.0. The van der Waals surface area contributed by atoms with Crippen molar-refractivity contribution >= 4 is 17.0 Å². The van der Waals surface area contributed by atoms with E-state index in [1.807, 2.05) is 43.3 Å². The van der Waals surface area contributed by atoms with Gasteiger partial charge in [-0.15, -0.1) is 11.3 Å². The van der Waals surface area contributed by atoms with Crippen molar-refractivity contribution in [1.82, 2.24) is 4.57 Å². The number of halogens is 1. The number of rotatable bonds is 8. The van der Waals surface area contributed by atoms with Crippen LogP contribution in [-0.4, -0.2) is 11.2 Å². The van der Waals surface area contributed by atoms with Gasteiger partial charge in [0.25, 0.3) is 0 Å². The molecular formula is C22H25FN2OS. The molecule has 27 heavy (non-hydrogen) atoms. The molecule has 5 heteroatoms. The van der Waals surface area contributed by atoms with Crippen molar-refractivity contribution in [3.05, 3.63) is 64.5 Å². The molecule has 142 valence electrons. The van der Waals surface area contributed by atoms with Crippen molar-refractivity contribution in [2.75, 3.05) is 6.61 Å². The van der Waals surface area contributed by atoms with Crippen molar-refractivity contribution in [3.63, 3.8) is 0 Å². The summed E-state index contributed by atoms with van der Waals surface area (Å²) in [4.78, 5) is 5.79. The zero-order valence-electron chi connectivity index (χ0n) is 15.8. The molecule has 0 N–H and O–H groups in total. The number of hydrogen-bond donors (Lipinski definition) is 0. The molecule has 0 radical (unpaired) electrons. The van der Waals surface area contributed by atoms with E-state index in [2.05, 4.69) is 16.9 Å². The van der Waals surface area contributed by atoms with Gasteiger partial charge in [-0.05, 0) is 67.4 Å². The third kappa shape index (κ3) is 5.07. The van der Waals surface area contributed by atoms with Crippen LogP contribution in [0.15, 0.2) is 58.9 Å².